The van der Waals surface area contributed by atoms with Crippen LogP contribution in [0.15, 0.2) is 79.4 Å². The summed E-state index contributed by atoms with van der Waals surface area (Å²) in [5, 5.41) is 11.4. The van der Waals surface area contributed by atoms with Crippen molar-refractivity contribution in [2.75, 3.05) is 0 Å². The van der Waals surface area contributed by atoms with Crippen molar-refractivity contribution in [3.05, 3.63) is 90.5 Å². The lowest BCUT2D eigenvalue weighted by Gasteiger charge is -2.55. The van der Waals surface area contributed by atoms with E-state index >= 15 is 0 Å². The molecule has 2 aliphatic rings. The van der Waals surface area contributed by atoms with Gasteiger partial charge in [-0.3, -0.25) is 0 Å². The molecule has 40 heavy (non-hydrogen) atoms. The first-order chi connectivity index (χ1) is 18.9. The van der Waals surface area contributed by atoms with Crippen molar-refractivity contribution in [2.45, 2.75) is 114 Å². The Bertz CT molecular complexity index is 1110. The van der Waals surface area contributed by atoms with Gasteiger partial charge in [0, 0.05) is 12.8 Å². The normalized spacial score (nSPS) is 30.1. The second kappa shape index (κ2) is 12.8. The van der Waals surface area contributed by atoms with Crippen molar-refractivity contribution in [3.8, 4) is 0 Å². The number of aliphatic hydroxyl groups excluding tert-OH is 1. The third-order valence-corrected chi connectivity index (χ3v) is 13.4. The summed E-state index contributed by atoms with van der Waals surface area (Å²) in [6.07, 6.45) is 5.89. The van der Waals surface area contributed by atoms with Gasteiger partial charge >= 0.3 is 0 Å². The van der Waals surface area contributed by atoms with Crippen LogP contribution in [0.5, 0.6) is 0 Å². The molecule has 2 fully saturated rings. The van der Waals surface area contributed by atoms with Gasteiger partial charge in [0.2, 0.25) is 0 Å². The third-order valence-electron chi connectivity index (χ3n) is 8.95. The zero-order valence-corrected chi connectivity index (χ0v) is 26.1. The molecule has 0 spiro atoms. The summed E-state index contributed by atoms with van der Waals surface area (Å²) in [7, 11) is -2.16. The summed E-state index contributed by atoms with van der Waals surface area (Å²) in [5.41, 5.74) is 1.36. The van der Waals surface area contributed by atoms with E-state index < -0.39 is 20.0 Å². The molecule has 7 atom stereocenters. The Balaban J connectivity index is 1.60. The van der Waals surface area contributed by atoms with Gasteiger partial charge < -0.3 is 23.7 Å². The van der Waals surface area contributed by atoms with Gasteiger partial charge in [-0.25, -0.2) is 0 Å². The van der Waals surface area contributed by atoms with Crippen LogP contribution in [0, 0.1) is 0 Å². The predicted molar refractivity (Wildman–Crippen MR) is 165 cm³/mol. The number of ether oxygens (including phenoxy) is 3. The van der Waals surface area contributed by atoms with Crippen LogP contribution in [-0.2, 0) is 25.2 Å². The molecule has 2 aromatic rings. The highest BCUT2D eigenvalue weighted by molar-refractivity contribution is 6.74. The molecule has 0 amide bonds. The molecule has 2 aliphatic heterocycles. The van der Waals surface area contributed by atoms with Gasteiger partial charge in [-0.2, -0.15) is 0 Å². The molecule has 0 unspecified atom stereocenters. The Morgan fingerprint density at radius 2 is 1.70 bits per heavy atom. The Morgan fingerprint density at radius 3 is 2.33 bits per heavy atom. The van der Waals surface area contributed by atoms with Crippen molar-refractivity contribution in [1.82, 2.24) is 0 Å². The monoisotopic (exact) mass is 564 g/mol. The van der Waals surface area contributed by atoms with Gasteiger partial charge in [0.1, 0.15) is 11.7 Å². The van der Waals surface area contributed by atoms with Gasteiger partial charge in [-0.1, -0.05) is 99.7 Å². The Hall–Kier alpha value is -2.06. The van der Waals surface area contributed by atoms with E-state index in [4.69, 9.17) is 18.6 Å². The summed E-state index contributed by atoms with van der Waals surface area (Å²) < 4.78 is 27.1. The van der Waals surface area contributed by atoms with E-state index in [0.29, 0.717) is 25.9 Å². The summed E-state index contributed by atoms with van der Waals surface area (Å²) in [4.78, 5) is 0. The summed E-state index contributed by atoms with van der Waals surface area (Å²) >= 11 is 0. The maximum Gasteiger partial charge on any atom is 0.192 e. The van der Waals surface area contributed by atoms with Crippen LogP contribution in [0.1, 0.15) is 58.1 Å². The van der Waals surface area contributed by atoms with Crippen molar-refractivity contribution in [2.24, 2.45) is 0 Å². The summed E-state index contributed by atoms with van der Waals surface area (Å²) in [6.45, 7) is 17.6. The summed E-state index contributed by atoms with van der Waals surface area (Å²) in [5.74, 6) is 0. The van der Waals surface area contributed by atoms with Crippen LogP contribution in [0.3, 0.4) is 0 Å². The average molecular weight is 565 g/mol. The van der Waals surface area contributed by atoms with Gasteiger partial charge in [0.25, 0.3) is 0 Å². The first-order valence-electron chi connectivity index (χ1n) is 14.6. The molecule has 1 N–H and O–H groups in total. The van der Waals surface area contributed by atoms with Crippen LogP contribution in [-0.4, -0.2) is 55.6 Å². The van der Waals surface area contributed by atoms with Gasteiger partial charge in [-0.15, -0.1) is 6.58 Å². The van der Waals surface area contributed by atoms with Crippen LogP contribution in [0.25, 0.3) is 6.08 Å². The van der Waals surface area contributed by atoms with E-state index in [1.165, 1.54) is 0 Å². The molecule has 2 saturated heterocycles. The molecular formula is C34H48O5Si. The minimum atomic E-state index is -2.16. The van der Waals surface area contributed by atoms with Crippen molar-refractivity contribution in [1.29, 1.82) is 0 Å². The predicted octanol–water partition coefficient (Wildman–Crippen LogP) is 7.32. The highest BCUT2D eigenvalue weighted by Crippen LogP contribution is 2.45. The average Bonchev–Trinajstić information content (AvgIpc) is 2.91. The lowest BCUT2D eigenvalue weighted by atomic mass is 9.80. The van der Waals surface area contributed by atoms with Crippen LogP contribution in [0.4, 0.5) is 0 Å². The maximum absolute atomic E-state index is 11.3. The van der Waals surface area contributed by atoms with E-state index in [1.54, 1.807) is 6.08 Å². The molecule has 2 aromatic carbocycles. The number of aliphatic hydroxyl groups is 1. The van der Waals surface area contributed by atoms with Gasteiger partial charge in [-0.05, 0) is 42.6 Å². The zero-order chi connectivity index (χ0) is 29.0. The topological polar surface area (TPSA) is 57.2 Å². The lowest BCUT2D eigenvalue weighted by Crippen LogP contribution is -2.66. The summed E-state index contributed by atoms with van der Waals surface area (Å²) in [6, 6.07) is 20.5. The van der Waals surface area contributed by atoms with E-state index in [0.717, 1.165) is 11.1 Å². The van der Waals surface area contributed by atoms with Crippen LogP contribution >= 0.6 is 0 Å². The molecule has 5 nitrogen and oxygen atoms in total. The van der Waals surface area contributed by atoms with E-state index in [2.05, 4.69) is 76.9 Å². The molecule has 6 heteroatoms. The molecule has 4 rings (SSSR count). The molecule has 218 valence electrons. The Labute approximate surface area is 242 Å². The van der Waals surface area contributed by atoms with Gasteiger partial charge in [0.05, 0.1) is 37.1 Å². The SMILES string of the molecule is C=CC[C@@H](O)[C@]1(C)O[C@@H]2C[C@H](OCc3ccccc3)[C@@H](/C=C/c3ccccc3)O[C@H]2C[C@H]1O[Si](C)(C)C(C)(C)C. The smallest absolute Gasteiger partial charge is 0.192 e. The molecule has 0 aliphatic carbocycles. The lowest BCUT2D eigenvalue weighted by molar-refractivity contribution is -0.288. The fourth-order valence-corrected chi connectivity index (χ4v) is 6.73. The maximum atomic E-state index is 11.3. The minimum Gasteiger partial charge on any atom is -0.411 e. The third kappa shape index (κ3) is 7.22. The Morgan fingerprint density at radius 1 is 1.05 bits per heavy atom. The van der Waals surface area contributed by atoms with Crippen LogP contribution < -0.4 is 0 Å². The highest BCUT2D eigenvalue weighted by Gasteiger charge is 2.55. The molecule has 0 radical (unpaired) electrons. The van der Waals surface area contributed by atoms with Gasteiger partial charge in [0.15, 0.2) is 8.32 Å². The number of fused-ring (bicyclic) bond motifs is 1. The molecule has 2 heterocycles. The van der Waals surface area contributed by atoms with Crippen molar-refractivity contribution >= 4 is 14.4 Å². The number of rotatable bonds is 10. The highest BCUT2D eigenvalue weighted by atomic mass is 28.4. The van der Waals surface area contributed by atoms with E-state index in [9.17, 15) is 5.11 Å². The standard InChI is InChI=1S/C34H48O5Si/c1-8-15-31(35)34(5)32(39-40(6,7)33(2,3)4)23-29-30(38-34)22-28(36-24-26-18-13-10-14-19-26)27(37-29)21-20-25-16-11-9-12-17-25/h8-14,16-21,27-32,35H,1,15,22-24H2,2-7H3/b21-20+/t27-,28+,29+,30-,31-,32-,34+/m1/s1. The van der Waals surface area contributed by atoms with Crippen LogP contribution in [0.2, 0.25) is 18.1 Å². The first kappa shape index (κ1) is 30.9. The second-order valence-corrected chi connectivity index (χ2v) is 17.7. The number of hydrogen-bond acceptors (Lipinski definition) is 5. The van der Waals surface area contributed by atoms with Crippen molar-refractivity contribution in [3.63, 3.8) is 0 Å². The molecular weight excluding hydrogens is 516 g/mol. The Kier molecular flexibility index (Phi) is 9.92. The van der Waals surface area contributed by atoms with Crippen molar-refractivity contribution < 1.29 is 23.7 Å². The molecule has 0 bridgehead atoms. The fourth-order valence-electron chi connectivity index (χ4n) is 5.33. The van der Waals surface area contributed by atoms with E-state index in [1.807, 2.05) is 43.3 Å². The second-order valence-electron chi connectivity index (χ2n) is 13.0. The first-order valence-corrected chi connectivity index (χ1v) is 17.5. The largest absolute Gasteiger partial charge is 0.411 e. The number of benzene rings is 2. The van der Waals surface area contributed by atoms with E-state index in [-0.39, 0.29) is 35.6 Å². The zero-order valence-electron chi connectivity index (χ0n) is 25.1. The quantitative estimate of drug-likeness (QED) is 0.242. The number of hydrogen-bond donors (Lipinski definition) is 1. The fraction of sp³-hybridized carbons (Fsp3) is 0.529. The molecule has 0 aromatic heterocycles. The minimum absolute atomic E-state index is 0.0267. The molecule has 0 saturated carbocycles.